The number of furan rings is 1. The predicted molar refractivity (Wildman–Crippen MR) is 68.6 cm³/mol. The van der Waals surface area contributed by atoms with Crippen molar-refractivity contribution in [2.75, 3.05) is 13.2 Å². The molecule has 0 amide bonds. The molecule has 0 bridgehead atoms. The minimum Gasteiger partial charge on any atom is -0.491 e. The maximum atomic E-state index is 13.9. The molecule has 2 heterocycles. The first kappa shape index (κ1) is 12.9. The van der Waals surface area contributed by atoms with Gasteiger partial charge in [-0.2, -0.15) is 0 Å². The summed E-state index contributed by atoms with van der Waals surface area (Å²) in [6.07, 6.45) is 3.06. The molecule has 1 N–H and O–H groups in total. The molecule has 0 aliphatic carbocycles. The lowest BCUT2D eigenvalue weighted by molar-refractivity contribution is 0.325. The van der Waals surface area contributed by atoms with E-state index in [2.05, 4.69) is 5.32 Å². The third kappa shape index (κ3) is 2.21. The van der Waals surface area contributed by atoms with Gasteiger partial charge in [0, 0.05) is 24.2 Å². The summed E-state index contributed by atoms with van der Waals surface area (Å²) in [5.41, 5.74) is 2.17. The quantitative estimate of drug-likeness (QED) is 0.864. The first-order chi connectivity index (χ1) is 8.36. The van der Waals surface area contributed by atoms with E-state index in [4.69, 9.17) is 9.15 Å². The van der Waals surface area contributed by atoms with Crippen molar-refractivity contribution < 1.29 is 13.5 Å². The van der Waals surface area contributed by atoms with Gasteiger partial charge in [0.1, 0.15) is 18.2 Å². The van der Waals surface area contributed by atoms with Crippen LogP contribution in [0, 0.1) is 5.82 Å². The van der Waals surface area contributed by atoms with Crippen molar-refractivity contribution in [3.63, 3.8) is 0 Å². The maximum absolute atomic E-state index is 13.9. The molecular formula is C13H13ClFNO2. The zero-order valence-electron chi connectivity index (χ0n) is 9.61. The topological polar surface area (TPSA) is 34.4 Å². The molecule has 5 heteroatoms. The van der Waals surface area contributed by atoms with Crippen LogP contribution in [0.2, 0.25) is 0 Å². The lowest BCUT2D eigenvalue weighted by Crippen LogP contribution is -2.16. The molecule has 1 aromatic carbocycles. The summed E-state index contributed by atoms with van der Waals surface area (Å²) in [4.78, 5) is 0. The van der Waals surface area contributed by atoms with Crippen molar-refractivity contribution in [3.8, 4) is 16.9 Å². The highest BCUT2D eigenvalue weighted by Crippen LogP contribution is 2.36. The Morgan fingerprint density at radius 2 is 2.11 bits per heavy atom. The number of halogens is 2. The second-order valence-electron chi connectivity index (χ2n) is 3.95. The first-order valence-electron chi connectivity index (χ1n) is 5.54. The molecule has 3 rings (SSSR count). The van der Waals surface area contributed by atoms with Gasteiger partial charge in [-0.25, -0.2) is 4.39 Å². The molecule has 0 spiro atoms. The zero-order valence-corrected chi connectivity index (χ0v) is 10.4. The number of nitrogens with one attached hydrogen (secondary N) is 1. The van der Waals surface area contributed by atoms with E-state index >= 15 is 0 Å². The zero-order chi connectivity index (χ0) is 11.7. The Hall–Kier alpha value is -1.52. The average molecular weight is 270 g/mol. The minimum atomic E-state index is -0.285. The van der Waals surface area contributed by atoms with Gasteiger partial charge in [0.25, 0.3) is 0 Å². The van der Waals surface area contributed by atoms with Gasteiger partial charge in [-0.05, 0) is 12.1 Å². The van der Waals surface area contributed by atoms with Crippen LogP contribution in [0.1, 0.15) is 5.56 Å². The molecule has 0 atom stereocenters. The van der Waals surface area contributed by atoms with Gasteiger partial charge >= 0.3 is 0 Å². The van der Waals surface area contributed by atoms with Crippen LogP contribution >= 0.6 is 12.4 Å². The van der Waals surface area contributed by atoms with E-state index in [0.29, 0.717) is 30.0 Å². The van der Waals surface area contributed by atoms with E-state index in [0.717, 1.165) is 12.1 Å². The third-order valence-corrected chi connectivity index (χ3v) is 2.84. The van der Waals surface area contributed by atoms with Crippen LogP contribution in [0.25, 0.3) is 11.1 Å². The molecule has 1 aliphatic heterocycles. The van der Waals surface area contributed by atoms with Gasteiger partial charge in [-0.15, -0.1) is 12.4 Å². The molecule has 2 aromatic rings. The third-order valence-electron chi connectivity index (χ3n) is 2.84. The molecular weight excluding hydrogens is 257 g/mol. The standard InChI is InChI=1S/C13H12FNO2.ClH/c14-11-2-1-9-7-15-4-6-17-13(9)12(11)10-3-5-16-8-10;/h1-3,5,8,15H,4,6-7H2;1H. The largest absolute Gasteiger partial charge is 0.491 e. The molecule has 0 fully saturated rings. The van der Waals surface area contributed by atoms with E-state index < -0.39 is 0 Å². The number of hydrogen-bond acceptors (Lipinski definition) is 3. The fourth-order valence-corrected chi connectivity index (χ4v) is 2.03. The maximum Gasteiger partial charge on any atom is 0.134 e. The van der Waals surface area contributed by atoms with Gasteiger partial charge in [0.05, 0.1) is 18.1 Å². The number of rotatable bonds is 1. The van der Waals surface area contributed by atoms with Crippen molar-refractivity contribution in [1.82, 2.24) is 5.32 Å². The Morgan fingerprint density at radius 1 is 1.22 bits per heavy atom. The smallest absolute Gasteiger partial charge is 0.134 e. The van der Waals surface area contributed by atoms with Crippen LogP contribution in [0.4, 0.5) is 4.39 Å². The molecule has 1 aliphatic rings. The number of benzene rings is 1. The van der Waals surface area contributed by atoms with Crippen LogP contribution in [-0.2, 0) is 6.54 Å². The highest BCUT2D eigenvalue weighted by atomic mass is 35.5. The van der Waals surface area contributed by atoms with E-state index in [-0.39, 0.29) is 18.2 Å². The monoisotopic (exact) mass is 269 g/mol. The lowest BCUT2D eigenvalue weighted by Gasteiger charge is -2.12. The van der Waals surface area contributed by atoms with Crippen molar-refractivity contribution in [2.24, 2.45) is 0 Å². The second kappa shape index (κ2) is 5.42. The normalized spacial score (nSPS) is 14.1. The Bertz CT molecular complexity index is 528. The fraction of sp³-hybridized carbons (Fsp3) is 0.231. The molecule has 3 nitrogen and oxygen atoms in total. The average Bonchev–Trinajstić information content (AvgIpc) is 2.74. The van der Waals surface area contributed by atoms with Crippen LogP contribution < -0.4 is 10.1 Å². The van der Waals surface area contributed by atoms with Crippen molar-refractivity contribution in [3.05, 3.63) is 42.1 Å². The summed E-state index contributed by atoms with van der Waals surface area (Å²) >= 11 is 0. The molecule has 18 heavy (non-hydrogen) atoms. The molecule has 0 unspecified atom stereocenters. The summed E-state index contributed by atoms with van der Waals surface area (Å²) in [5.74, 6) is 0.337. The number of fused-ring (bicyclic) bond motifs is 1. The Kier molecular flexibility index (Phi) is 3.89. The van der Waals surface area contributed by atoms with E-state index in [1.165, 1.54) is 18.6 Å². The van der Waals surface area contributed by atoms with Crippen LogP contribution in [0.15, 0.2) is 35.1 Å². The predicted octanol–water partition coefficient (Wildman–Crippen LogP) is 2.99. The van der Waals surface area contributed by atoms with Gasteiger partial charge in [-0.1, -0.05) is 6.07 Å². The number of ether oxygens (including phenoxy) is 1. The van der Waals surface area contributed by atoms with Gasteiger partial charge < -0.3 is 14.5 Å². The Balaban J connectivity index is 0.00000120. The lowest BCUT2D eigenvalue weighted by atomic mass is 10.0. The minimum absolute atomic E-state index is 0. The fourth-order valence-electron chi connectivity index (χ4n) is 2.03. The van der Waals surface area contributed by atoms with Crippen LogP contribution in [0.3, 0.4) is 0 Å². The van der Waals surface area contributed by atoms with Crippen molar-refractivity contribution >= 4 is 12.4 Å². The summed E-state index contributed by atoms with van der Waals surface area (Å²) in [6.45, 7) is 2.00. The molecule has 0 saturated heterocycles. The van der Waals surface area contributed by atoms with E-state index in [9.17, 15) is 4.39 Å². The molecule has 0 radical (unpaired) electrons. The van der Waals surface area contributed by atoms with Crippen molar-refractivity contribution in [1.29, 1.82) is 0 Å². The van der Waals surface area contributed by atoms with E-state index in [1.54, 1.807) is 12.1 Å². The Labute approximate surface area is 110 Å². The first-order valence-corrected chi connectivity index (χ1v) is 5.54. The van der Waals surface area contributed by atoms with Crippen molar-refractivity contribution in [2.45, 2.75) is 6.54 Å². The SMILES string of the molecule is Cl.Fc1ccc2c(c1-c1ccoc1)OCCNC2. The highest BCUT2D eigenvalue weighted by molar-refractivity contribution is 5.85. The summed E-state index contributed by atoms with van der Waals surface area (Å²) in [7, 11) is 0. The van der Waals surface area contributed by atoms with Crippen LogP contribution in [-0.4, -0.2) is 13.2 Å². The van der Waals surface area contributed by atoms with Gasteiger partial charge in [0.2, 0.25) is 0 Å². The summed E-state index contributed by atoms with van der Waals surface area (Å²) < 4.78 is 24.6. The molecule has 0 saturated carbocycles. The summed E-state index contributed by atoms with van der Waals surface area (Å²) in [5, 5.41) is 3.22. The molecule has 1 aromatic heterocycles. The summed E-state index contributed by atoms with van der Waals surface area (Å²) in [6, 6.07) is 4.96. The second-order valence-corrected chi connectivity index (χ2v) is 3.95. The molecule has 96 valence electrons. The van der Waals surface area contributed by atoms with Gasteiger partial charge in [0.15, 0.2) is 0 Å². The van der Waals surface area contributed by atoms with E-state index in [1.807, 2.05) is 0 Å². The Morgan fingerprint density at radius 3 is 2.89 bits per heavy atom. The van der Waals surface area contributed by atoms with Crippen LogP contribution in [0.5, 0.6) is 5.75 Å². The number of hydrogen-bond donors (Lipinski definition) is 1. The highest BCUT2D eigenvalue weighted by Gasteiger charge is 2.19. The van der Waals surface area contributed by atoms with Gasteiger partial charge in [-0.3, -0.25) is 0 Å².